The van der Waals surface area contributed by atoms with Crippen LogP contribution in [0.4, 0.5) is 0 Å². The predicted octanol–water partition coefficient (Wildman–Crippen LogP) is 2.98. The monoisotopic (exact) mass is 230 g/mol. The topological polar surface area (TPSA) is 26.3 Å². The fourth-order valence-electron chi connectivity index (χ4n) is 3.13. The van der Waals surface area contributed by atoms with E-state index >= 15 is 0 Å². The van der Waals surface area contributed by atoms with Gasteiger partial charge in [-0.3, -0.25) is 4.79 Å². The zero-order chi connectivity index (χ0) is 12.2. The highest BCUT2D eigenvalue weighted by molar-refractivity contribution is 5.86. The van der Waals surface area contributed by atoms with Gasteiger partial charge in [-0.1, -0.05) is 26.8 Å². The normalized spacial score (nSPS) is 26.0. The molecule has 17 heavy (non-hydrogen) atoms. The van der Waals surface area contributed by atoms with Crippen LogP contribution in [-0.2, 0) is 16.6 Å². The van der Waals surface area contributed by atoms with E-state index in [0.717, 1.165) is 5.75 Å². The van der Waals surface area contributed by atoms with Gasteiger partial charge in [0.05, 0.1) is 6.61 Å². The summed E-state index contributed by atoms with van der Waals surface area (Å²) in [5, 5.41) is 0. The van der Waals surface area contributed by atoms with E-state index < -0.39 is 0 Å². The zero-order valence-corrected chi connectivity index (χ0v) is 10.7. The van der Waals surface area contributed by atoms with E-state index in [2.05, 4.69) is 32.9 Å². The van der Waals surface area contributed by atoms with Gasteiger partial charge in [0, 0.05) is 23.8 Å². The van der Waals surface area contributed by atoms with Crippen molar-refractivity contribution >= 4 is 5.78 Å². The van der Waals surface area contributed by atoms with E-state index in [9.17, 15) is 4.79 Å². The van der Waals surface area contributed by atoms with Gasteiger partial charge in [-0.15, -0.1) is 0 Å². The molecule has 0 spiro atoms. The lowest BCUT2D eigenvalue weighted by molar-refractivity contribution is -0.120. The van der Waals surface area contributed by atoms with E-state index in [1.165, 1.54) is 16.7 Å². The molecule has 0 radical (unpaired) electrons. The fourth-order valence-corrected chi connectivity index (χ4v) is 3.13. The van der Waals surface area contributed by atoms with Crippen molar-refractivity contribution in [2.45, 2.75) is 44.9 Å². The van der Waals surface area contributed by atoms with Crippen LogP contribution in [0.2, 0.25) is 0 Å². The molecule has 0 bridgehead atoms. The van der Waals surface area contributed by atoms with Crippen molar-refractivity contribution in [1.82, 2.24) is 0 Å². The minimum atomic E-state index is -0.0739. The Bertz CT molecular complexity index is 502. The van der Waals surface area contributed by atoms with Crippen LogP contribution in [0.5, 0.6) is 5.75 Å². The third-order valence-electron chi connectivity index (χ3n) is 4.00. The number of Topliss-reactive ketones (excluding diaryl/α,β-unsaturated/α-hetero) is 1. The Balaban J connectivity index is 2.21. The highest BCUT2D eigenvalue weighted by Crippen LogP contribution is 2.47. The smallest absolute Gasteiger partial charge is 0.138 e. The third kappa shape index (κ3) is 1.50. The molecular weight excluding hydrogens is 212 g/mol. The zero-order valence-electron chi connectivity index (χ0n) is 10.7. The molecule has 2 heteroatoms. The van der Waals surface area contributed by atoms with Crippen LogP contribution in [0.15, 0.2) is 12.1 Å². The molecule has 0 unspecified atom stereocenters. The maximum absolute atomic E-state index is 11.8. The van der Waals surface area contributed by atoms with Crippen molar-refractivity contribution < 1.29 is 9.53 Å². The van der Waals surface area contributed by atoms with Gasteiger partial charge < -0.3 is 4.74 Å². The Morgan fingerprint density at radius 2 is 2.12 bits per heavy atom. The van der Waals surface area contributed by atoms with Crippen LogP contribution >= 0.6 is 0 Å². The molecule has 90 valence electrons. The van der Waals surface area contributed by atoms with E-state index in [4.69, 9.17) is 4.74 Å². The van der Waals surface area contributed by atoms with E-state index in [-0.39, 0.29) is 5.41 Å². The molecule has 1 aromatic carbocycles. The van der Waals surface area contributed by atoms with Gasteiger partial charge >= 0.3 is 0 Å². The van der Waals surface area contributed by atoms with Crippen molar-refractivity contribution in [3.05, 3.63) is 28.8 Å². The standard InChI is InChI=1S/C15H18O2/c1-9(2)10-4-11-5-12(16)7-15(3)8-17-13(6-10)14(11)15/h4,6,9H,5,7-8H2,1-3H3/t15-/m0/s1. The second-order valence-corrected chi connectivity index (χ2v) is 5.95. The highest BCUT2D eigenvalue weighted by atomic mass is 16.5. The minimum absolute atomic E-state index is 0.0739. The Kier molecular flexibility index (Phi) is 2.13. The number of benzene rings is 1. The fraction of sp³-hybridized carbons (Fsp3) is 0.533. The molecule has 1 heterocycles. The van der Waals surface area contributed by atoms with E-state index in [1.54, 1.807) is 0 Å². The van der Waals surface area contributed by atoms with Gasteiger partial charge in [-0.05, 0) is 23.1 Å². The van der Waals surface area contributed by atoms with Gasteiger partial charge in [0.25, 0.3) is 0 Å². The quantitative estimate of drug-likeness (QED) is 0.741. The lowest BCUT2D eigenvalue weighted by atomic mass is 9.71. The van der Waals surface area contributed by atoms with Gasteiger partial charge in [-0.25, -0.2) is 0 Å². The molecule has 0 saturated heterocycles. The number of ketones is 1. The first-order valence-corrected chi connectivity index (χ1v) is 6.31. The molecule has 0 N–H and O–H groups in total. The molecule has 0 aromatic heterocycles. The maximum Gasteiger partial charge on any atom is 0.138 e. The van der Waals surface area contributed by atoms with E-state index in [1.807, 2.05) is 0 Å². The Hall–Kier alpha value is -1.31. The van der Waals surface area contributed by atoms with Crippen molar-refractivity contribution in [3.63, 3.8) is 0 Å². The highest BCUT2D eigenvalue weighted by Gasteiger charge is 2.43. The van der Waals surface area contributed by atoms with Crippen molar-refractivity contribution in [2.24, 2.45) is 0 Å². The lowest BCUT2D eigenvalue weighted by Gasteiger charge is -2.29. The van der Waals surface area contributed by atoms with Crippen molar-refractivity contribution in [1.29, 1.82) is 0 Å². The Morgan fingerprint density at radius 1 is 1.35 bits per heavy atom. The molecule has 2 aliphatic rings. The molecule has 2 nitrogen and oxygen atoms in total. The average molecular weight is 230 g/mol. The second kappa shape index (κ2) is 3.34. The summed E-state index contributed by atoms with van der Waals surface area (Å²) in [6, 6.07) is 4.36. The van der Waals surface area contributed by atoms with Crippen LogP contribution < -0.4 is 4.74 Å². The number of carbonyl (C=O) groups excluding carboxylic acids is 1. The summed E-state index contributed by atoms with van der Waals surface area (Å²) in [7, 11) is 0. The van der Waals surface area contributed by atoms with Crippen LogP contribution in [0.3, 0.4) is 0 Å². The van der Waals surface area contributed by atoms with Gasteiger partial charge in [-0.2, -0.15) is 0 Å². The molecule has 1 aromatic rings. The van der Waals surface area contributed by atoms with Gasteiger partial charge in [0.1, 0.15) is 11.5 Å². The molecule has 1 aliphatic heterocycles. The summed E-state index contributed by atoms with van der Waals surface area (Å²) in [4.78, 5) is 11.8. The molecule has 0 saturated carbocycles. The largest absolute Gasteiger partial charge is 0.492 e. The summed E-state index contributed by atoms with van der Waals surface area (Å²) in [6.45, 7) is 7.15. The number of ether oxygens (including phenoxy) is 1. The predicted molar refractivity (Wildman–Crippen MR) is 66.7 cm³/mol. The number of hydrogen-bond donors (Lipinski definition) is 0. The van der Waals surface area contributed by atoms with Gasteiger partial charge in [0.15, 0.2) is 0 Å². The molecule has 1 aliphatic carbocycles. The third-order valence-corrected chi connectivity index (χ3v) is 4.00. The summed E-state index contributed by atoms with van der Waals surface area (Å²) in [5.41, 5.74) is 3.69. The minimum Gasteiger partial charge on any atom is -0.492 e. The number of rotatable bonds is 1. The first-order chi connectivity index (χ1) is 7.99. The molecule has 3 rings (SSSR count). The maximum atomic E-state index is 11.8. The summed E-state index contributed by atoms with van der Waals surface area (Å²) >= 11 is 0. The van der Waals surface area contributed by atoms with Crippen molar-refractivity contribution in [3.8, 4) is 5.75 Å². The molecule has 1 atom stereocenters. The second-order valence-electron chi connectivity index (χ2n) is 5.95. The van der Waals surface area contributed by atoms with Gasteiger partial charge in [0.2, 0.25) is 0 Å². The molecule has 0 fully saturated rings. The van der Waals surface area contributed by atoms with Crippen LogP contribution in [0, 0.1) is 0 Å². The van der Waals surface area contributed by atoms with Crippen molar-refractivity contribution in [2.75, 3.05) is 6.61 Å². The first-order valence-electron chi connectivity index (χ1n) is 6.31. The lowest BCUT2D eigenvalue weighted by Crippen LogP contribution is -2.33. The first kappa shape index (κ1) is 10.8. The van der Waals surface area contributed by atoms with E-state index in [0.29, 0.717) is 31.1 Å². The molecule has 0 amide bonds. The van der Waals surface area contributed by atoms with Crippen LogP contribution in [0.1, 0.15) is 49.8 Å². The van der Waals surface area contributed by atoms with Crippen LogP contribution in [0.25, 0.3) is 0 Å². The molecular formula is C15H18O2. The SMILES string of the molecule is CC(C)c1cc2c3c(c1)OC[C@]3(C)CC(=O)C2. The Morgan fingerprint density at radius 3 is 2.82 bits per heavy atom. The van der Waals surface area contributed by atoms with Crippen LogP contribution in [-0.4, -0.2) is 12.4 Å². The summed E-state index contributed by atoms with van der Waals surface area (Å²) < 4.78 is 5.81. The summed E-state index contributed by atoms with van der Waals surface area (Å²) in [6.07, 6.45) is 1.22. The number of hydrogen-bond acceptors (Lipinski definition) is 2. The summed E-state index contributed by atoms with van der Waals surface area (Å²) in [5.74, 6) is 1.84. The Labute approximate surface area is 102 Å². The number of carbonyl (C=O) groups is 1. The average Bonchev–Trinajstić information content (AvgIpc) is 2.56.